The molecule has 1 rings (SSSR count). The quantitative estimate of drug-likeness (QED) is 0.343. The van der Waals surface area contributed by atoms with Gasteiger partial charge in [0.1, 0.15) is 0 Å². The van der Waals surface area contributed by atoms with Gasteiger partial charge >= 0.3 is 40.0 Å². The van der Waals surface area contributed by atoms with Gasteiger partial charge in [-0.3, -0.25) is 9.11 Å². The average molecular weight is 260 g/mol. The van der Waals surface area contributed by atoms with Gasteiger partial charge in [-0.05, 0) is 6.07 Å². The third kappa shape index (κ3) is 12.0. The van der Waals surface area contributed by atoms with Crippen molar-refractivity contribution in [3.8, 4) is 5.75 Å². The summed E-state index contributed by atoms with van der Waals surface area (Å²) in [6, 6.07) is 7.48. The summed E-state index contributed by atoms with van der Waals surface area (Å²) >= 11 is 4.93. The summed E-state index contributed by atoms with van der Waals surface area (Å²) in [4.78, 5) is 0.764. The SMILES string of the molecule is COc1ccccc1[S-].O=S(=O)(O)O.[Na+]. The maximum absolute atomic E-state index is 8.74. The van der Waals surface area contributed by atoms with Crippen molar-refractivity contribution in [2.75, 3.05) is 7.11 Å². The zero-order valence-electron chi connectivity index (χ0n) is 8.25. The summed E-state index contributed by atoms with van der Waals surface area (Å²) in [5.41, 5.74) is 0. The van der Waals surface area contributed by atoms with Crippen LogP contribution >= 0.6 is 0 Å². The monoisotopic (exact) mass is 260 g/mol. The van der Waals surface area contributed by atoms with E-state index in [1.54, 1.807) is 7.11 Å². The van der Waals surface area contributed by atoms with Crippen molar-refractivity contribution in [2.45, 2.75) is 4.90 Å². The van der Waals surface area contributed by atoms with Crippen LogP contribution < -0.4 is 34.3 Å². The zero-order valence-corrected chi connectivity index (χ0v) is 11.9. The van der Waals surface area contributed by atoms with E-state index in [1.807, 2.05) is 24.3 Å². The van der Waals surface area contributed by atoms with Gasteiger partial charge in [0.25, 0.3) is 0 Å². The van der Waals surface area contributed by atoms with E-state index in [0.29, 0.717) is 0 Å². The van der Waals surface area contributed by atoms with Crippen LogP contribution in [0.5, 0.6) is 5.75 Å². The van der Waals surface area contributed by atoms with Crippen LogP contribution in [-0.2, 0) is 23.0 Å². The smallest absolute Gasteiger partial charge is 0.776 e. The fourth-order valence-corrected chi connectivity index (χ4v) is 0.849. The van der Waals surface area contributed by atoms with Crippen molar-refractivity contribution in [2.24, 2.45) is 0 Å². The zero-order chi connectivity index (χ0) is 11.2. The Balaban J connectivity index is 0. The Hall–Kier alpha value is 0.110. The van der Waals surface area contributed by atoms with Crippen molar-refractivity contribution < 1.29 is 51.8 Å². The molecule has 0 atom stereocenters. The molecule has 0 aromatic heterocycles. The van der Waals surface area contributed by atoms with E-state index in [4.69, 9.17) is 34.9 Å². The van der Waals surface area contributed by atoms with Crippen molar-refractivity contribution in [3.63, 3.8) is 0 Å². The maximum atomic E-state index is 8.74. The Bertz CT molecular complexity index is 371. The molecular weight excluding hydrogens is 251 g/mol. The third-order valence-electron chi connectivity index (χ3n) is 1.07. The summed E-state index contributed by atoms with van der Waals surface area (Å²) < 4.78 is 36.5. The van der Waals surface area contributed by atoms with Gasteiger partial charge in [-0.2, -0.15) is 8.42 Å². The van der Waals surface area contributed by atoms with E-state index < -0.39 is 10.4 Å². The molecule has 15 heavy (non-hydrogen) atoms. The first-order chi connectivity index (χ1) is 6.34. The molecule has 2 N–H and O–H groups in total. The Morgan fingerprint density at radius 3 is 1.93 bits per heavy atom. The van der Waals surface area contributed by atoms with Crippen LogP contribution in [0.15, 0.2) is 29.2 Å². The van der Waals surface area contributed by atoms with Crippen LogP contribution in [0.2, 0.25) is 0 Å². The van der Waals surface area contributed by atoms with Crippen LogP contribution in [0.1, 0.15) is 0 Å². The van der Waals surface area contributed by atoms with Gasteiger partial charge in [-0.25, -0.2) is 0 Å². The fourth-order valence-electron chi connectivity index (χ4n) is 0.619. The topological polar surface area (TPSA) is 83.8 Å². The molecule has 0 amide bonds. The molecule has 0 saturated heterocycles. The number of ether oxygens (including phenoxy) is 1. The Labute approximate surface area is 116 Å². The van der Waals surface area contributed by atoms with Gasteiger partial charge < -0.3 is 17.4 Å². The molecule has 1 aromatic carbocycles. The van der Waals surface area contributed by atoms with Gasteiger partial charge in [0.2, 0.25) is 0 Å². The molecular formula is C7H9NaO5S2. The van der Waals surface area contributed by atoms with Gasteiger partial charge in [0, 0.05) is 0 Å². The Morgan fingerprint density at radius 2 is 1.67 bits per heavy atom. The van der Waals surface area contributed by atoms with E-state index in [1.165, 1.54) is 0 Å². The van der Waals surface area contributed by atoms with Crippen LogP contribution in [0, 0.1) is 0 Å². The van der Waals surface area contributed by atoms with Gasteiger partial charge in [-0.15, -0.1) is 4.90 Å². The molecule has 1 aromatic rings. The molecule has 5 nitrogen and oxygen atoms in total. The van der Waals surface area contributed by atoms with Crippen LogP contribution in [-0.4, -0.2) is 24.6 Å². The first kappa shape index (κ1) is 17.5. The summed E-state index contributed by atoms with van der Waals surface area (Å²) in [6.45, 7) is 0. The van der Waals surface area contributed by atoms with Crippen molar-refractivity contribution in [3.05, 3.63) is 24.3 Å². The molecule has 0 aliphatic heterocycles. The normalized spacial score (nSPS) is 9.27. The van der Waals surface area contributed by atoms with E-state index in [-0.39, 0.29) is 29.6 Å². The number of methoxy groups -OCH3 is 1. The third-order valence-corrected chi connectivity index (χ3v) is 1.41. The second kappa shape index (κ2) is 8.28. The molecule has 0 radical (unpaired) electrons. The minimum Gasteiger partial charge on any atom is -0.776 e. The number of benzene rings is 1. The molecule has 0 unspecified atom stereocenters. The minimum absolute atomic E-state index is 0. The predicted octanol–water partition coefficient (Wildman–Crippen LogP) is -2.05. The number of para-hydroxylation sites is 1. The summed E-state index contributed by atoms with van der Waals surface area (Å²) in [5, 5.41) is 0. The maximum Gasteiger partial charge on any atom is 1.00 e. The first-order valence-corrected chi connectivity index (χ1v) is 5.15. The standard InChI is InChI=1S/C7H8OS.Na.H2O4S/c1-8-6-4-2-3-5-7(6)9;;1-5(2,3)4/h2-5,9H,1H3;;(H2,1,2,3,4)/q;+1;/p-1. The largest absolute Gasteiger partial charge is 1.00 e. The van der Waals surface area contributed by atoms with Crippen molar-refractivity contribution in [1.82, 2.24) is 0 Å². The summed E-state index contributed by atoms with van der Waals surface area (Å²) in [7, 11) is -3.05. The van der Waals surface area contributed by atoms with E-state index in [2.05, 4.69) is 0 Å². The van der Waals surface area contributed by atoms with Gasteiger partial charge in [0.05, 0.1) is 12.9 Å². The van der Waals surface area contributed by atoms with E-state index in [0.717, 1.165) is 10.6 Å². The molecule has 8 heteroatoms. The molecule has 0 heterocycles. The summed E-state index contributed by atoms with van der Waals surface area (Å²) in [5.74, 6) is 0.771. The number of rotatable bonds is 1. The van der Waals surface area contributed by atoms with E-state index in [9.17, 15) is 0 Å². The molecule has 80 valence electrons. The molecule has 0 aliphatic carbocycles. The average Bonchev–Trinajstić information content (AvgIpc) is 2.02. The van der Waals surface area contributed by atoms with Crippen LogP contribution in [0.4, 0.5) is 0 Å². The van der Waals surface area contributed by atoms with Gasteiger partial charge in [-0.1, -0.05) is 18.2 Å². The second-order valence-electron chi connectivity index (χ2n) is 2.10. The molecule has 0 aliphatic rings. The molecule has 0 saturated carbocycles. The van der Waals surface area contributed by atoms with E-state index >= 15 is 0 Å². The summed E-state index contributed by atoms with van der Waals surface area (Å²) in [6.07, 6.45) is 0. The van der Waals surface area contributed by atoms with Crippen molar-refractivity contribution in [1.29, 1.82) is 0 Å². The Morgan fingerprint density at radius 1 is 1.27 bits per heavy atom. The fraction of sp³-hybridized carbons (Fsp3) is 0.143. The first-order valence-electron chi connectivity index (χ1n) is 3.34. The van der Waals surface area contributed by atoms with Crippen molar-refractivity contribution >= 4 is 23.0 Å². The molecule has 0 spiro atoms. The molecule has 0 bridgehead atoms. The second-order valence-corrected chi connectivity index (χ2v) is 3.43. The number of hydrogen-bond acceptors (Lipinski definition) is 4. The number of hydrogen-bond donors (Lipinski definition) is 2. The van der Waals surface area contributed by atoms with Gasteiger partial charge in [0.15, 0.2) is 0 Å². The van der Waals surface area contributed by atoms with Crippen LogP contribution in [0.25, 0.3) is 0 Å². The Kier molecular flexibility index (Phi) is 9.67. The predicted molar refractivity (Wildman–Crippen MR) is 52.8 cm³/mol. The minimum atomic E-state index is -4.67. The van der Waals surface area contributed by atoms with Crippen LogP contribution in [0.3, 0.4) is 0 Å². The molecule has 0 fully saturated rings.